The Morgan fingerprint density at radius 2 is 0.545 bits per heavy atom. The lowest BCUT2D eigenvalue weighted by Crippen LogP contribution is -2.10. The first-order valence-corrected chi connectivity index (χ1v) is 41.7. The van der Waals surface area contributed by atoms with Gasteiger partial charge in [-0.2, -0.15) is 0 Å². The van der Waals surface area contributed by atoms with Gasteiger partial charge in [0.25, 0.3) is 0 Å². The van der Waals surface area contributed by atoms with Crippen LogP contribution < -0.4 is 15.2 Å². The molecule has 11 N–H and O–H groups in total. The molecule has 0 radical (unpaired) electrons. The van der Waals surface area contributed by atoms with E-state index in [9.17, 15) is 68.4 Å². The number of ether oxygens (including phenoxy) is 5. The van der Waals surface area contributed by atoms with Crippen molar-refractivity contribution in [1.82, 2.24) is 59.8 Å². The number of benzene rings is 12. The van der Waals surface area contributed by atoms with Crippen LogP contribution in [0.15, 0.2) is 267 Å². The number of nitrogens with zero attached hydrogens (tertiary/aromatic N) is 12. The molecule has 664 valence electrons. The van der Waals surface area contributed by atoms with Crippen molar-refractivity contribution < 1.29 is 92.1 Å². The summed E-state index contributed by atoms with van der Waals surface area (Å²) in [6.07, 6.45) is 1.00. The minimum atomic E-state index is -3.54. The van der Waals surface area contributed by atoms with Crippen molar-refractivity contribution in [2.75, 3.05) is 52.3 Å². The van der Waals surface area contributed by atoms with Crippen LogP contribution in [0.2, 0.25) is 0 Å². The minimum absolute atomic E-state index is 0.00602. The van der Waals surface area contributed by atoms with Gasteiger partial charge < -0.3 is 70.3 Å². The molecule has 0 unspecified atom stereocenters. The molecule has 4 aromatic heterocycles. The number of nitrogens with two attached hydrogens (primary N) is 1. The van der Waals surface area contributed by atoms with Gasteiger partial charge in [-0.25, -0.2) is 87.4 Å². The zero-order valence-corrected chi connectivity index (χ0v) is 72.6. The Labute approximate surface area is 754 Å². The lowest BCUT2D eigenvalue weighted by Gasteiger charge is -2.20. The van der Waals surface area contributed by atoms with E-state index < -0.39 is 33.9 Å². The van der Waals surface area contributed by atoms with Crippen LogP contribution in [-0.4, -0.2) is 175 Å². The SMILES string of the molecule is COC(=O)c1ccc(-c2nc(-c3ccccc3O)nc(-c3cc(OC)ccc3O)n2)cc1.COC(=O)c1ccc(-c2nc(-c3ccccc3O)nc(-c3ccc(C(C)(C)C)cc3O)n2)cc1.COC(=O)c1ccc(-c2nc(-c3ccccc3O)nc(-c3ccc(N)cc3O)n2)cc1.COC(=O)c1ccc(-c2nc(-c3ccccc3O)nc(-c3ccc(NS(C)(=O)=O)cc3O)n2)cc1. The predicted molar refractivity (Wildman–Crippen MR) is 491 cm³/mol. The number of methoxy groups -OCH3 is 5. The number of nitrogens with one attached hydrogen (secondary N) is 1. The number of rotatable bonds is 19. The molecule has 0 fully saturated rings. The molecule has 0 saturated heterocycles. The molecule has 0 atom stereocenters. The third-order valence-corrected chi connectivity index (χ3v) is 20.3. The smallest absolute Gasteiger partial charge is 0.337 e. The van der Waals surface area contributed by atoms with Gasteiger partial charge in [-0.3, -0.25) is 4.72 Å². The minimum Gasteiger partial charge on any atom is -0.507 e. The summed E-state index contributed by atoms with van der Waals surface area (Å²) in [5, 5.41) is 83.6. The molecule has 16 aromatic rings. The average Bonchev–Trinajstić information content (AvgIpc) is 0.764. The molecule has 16 rings (SSSR count). The largest absolute Gasteiger partial charge is 0.507 e. The highest BCUT2D eigenvalue weighted by molar-refractivity contribution is 7.92. The van der Waals surface area contributed by atoms with E-state index in [1.54, 1.807) is 212 Å². The molecule has 0 spiro atoms. The molecule has 0 bridgehead atoms. The molecular formula is C98H82N14O19S. The molecule has 0 amide bonds. The Balaban J connectivity index is 0.000000150. The number of carbonyl (C=O) groups excluding carboxylic acids is 4. The van der Waals surface area contributed by atoms with Gasteiger partial charge in [0.15, 0.2) is 69.9 Å². The second-order valence-corrected chi connectivity index (χ2v) is 31.6. The van der Waals surface area contributed by atoms with Crippen molar-refractivity contribution in [3.05, 3.63) is 295 Å². The van der Waals surface area contributed by atoms with Gasteiger partial charge in [-0.05, 0) is 163 Å². The van der Waals surface area contributed by atoms with Gasteiger partial charge in [-0.1, -0.05) is 124 Å². The number of sulfonamides is 1. The first kappa shape index (κ1) is 92.0. The van der Waals surface area contributed by atoms with Gasteiger partial charge in [-0.15, -0.1) is 0 Å². The number of phenols is 8. The van der Waals surface area contributed by atoms with Crippen LogP contribution in [0.4, 0.5) is 11.4 Å². The van der Waals surface area contributed by atoms with Crippen molar-refractivity contribution in [2.24, 2.45) is 0 Å². The van der Waals surface area contributed by atoms with E-state index >= 15 is 0 Å². The molecule has 12 aromatic carbocycles. The molecule has 0 aliphatic heterocycles. The number of phenolic OH excluding ortho intramolecular Hbond substituents is 8. The summed E-state index contributed by atoms with van der Waals surface area (Å²) in [6.45, 7) is 6.20. The second-order valence-electron chi connectivity index (χ2n) is 29.8. The summed E-state index contributed by atoms with van der Waals surface area (Å²) in [6, 6.07) is 71.8. The molecular weight excluding hydrogens is 1710 g/mol. The average molecular weight is 1790 g/mol. The van der Waals surface area contributed by atoms with Crippen LogP contribution >= 0.6 is 0 Å². The van der Waals surface area contributed by atoms with Gasteiger partial charge in [0.2, 0.25) is 10.0 Å². The standard InChI is InChI=1S/C27H25N3O4.C24H20N4O6S.C24H19N3O5.C23H18N4O4/c1-27(2,3)18-13-14-20(22(32)15-18)25-29-23(16-9-11-17(12-10-16)26(33)34-4)28-24(30-25)19-7-5-6-8-21(19)31;1-34-24(31)15-9-7-14(8-10-15)21-25-22(17-5-3-4-6-19(17)29)27-23(26-21)18-12-11-16(13-20(18)30)28-35(2,32)33;1-31-16-11-12-20(29)18(13-16)23-26-21(14-7-9-15(10-8-14)24(30)32-2)25-22(27-23)17-5-3-4-6-19(17)28;1-31-23(30)14-8-6-13(7-9-14)20-25-21(16-4-2-3-5-18(16)28)27-22(26-20)17-11-10-15(24)12-19(17)29/h5-15,31-32H,1-4H3;3-13,28-30H,1-2H3;3-13,28-29H,1-2H3;2-12,28-29H,24H2,1H3. The van der Waals surface area contributed by atoms with Crippen molar-refractivity contribution in [2.45, 2.75) is 26.2 Å². The summed E-state index contributed by atoms with van der Waals surface area (Å²) in [4.78, 5) is 101. The first-order chi connectivity index (χ1) is 63.3. The summed E-state index contributed by atoms with van der Waals surface area (Å²) in [5.74, 6) is 1.11. The van der Waals surface area contributed by atoms with Crippen molar-refractivity contribution >= 4 is 45.3 Å². The molecule has 0 saturated carbocycles. The maximum Gasteiger partial charge on any atom is 0.337 e. The predicted octanol–water partition coefficient (Wildman–Crippen LogP) is 16.5. The summed E-state index contributed by atoms with van der Waals surface area (Å²) >= 11 is 0. The highest BCUT2D eigenvalue weighted by Gasteiger charge is 2.25. The lowest BCUT2D eigenvalue weighted by atomic mass is 9.86. The third kappa shape index (κ3) is 22.0. The van der Waals surface area contributed by atoms with E-state index in [1.165, 1.54) is 84.1 Å². The van der Waals surface area contributed by atoms with Gasteiger partial charge in [0, 0.05) is 40.1 Å². The molecule has 34 heteroatoms. The normalized spacial score (nSPS) is 10.9. The molecule has 0 aliphatic rings. The van der Waals surface area contributed by atoms with Crippen LogP contribution in [0.5, 0.6) is 51.7 Å². The number of aromatic nitrogens is 12. The van der Waals surface area contributed by atoms with E-state index in [-0.39, 0.29) is 115 Å². The quantitative estimate of drug-likeness (QED) is 0.0204. The fourth-order valence-corrected chi connectivity index (χ4v) is 13.4. The van der Waals surface area contributed by atoms with Crippen molar-refractivity contribution in [1.29, 1.82) is 0 Å². The van der Waals surface area contributed by atoms with Crippen molar-refractivity contribution in [3.8, 4) is 188 Å². The first-order valence-electron chi connectivity index (χ1n) is 39.8. The highest BCUT2D eigenvalue weighted by atomic mass is 32.2. The van der Waals surface area contributed by atoms with Crippen LogP contribution in [0.1, 0.15) is 67.8 Å². The summed E-state index contributed by atoms with van der Waals surface area (Å²) < 4.78 is 49.5. The van der Waals surface area contributed by atoms with E-state index in [1.807, 2.05) is 6.07 Å². The van der Waals surface area contributed by atoms with Crippen LogP contribution in [-0.2, 0) is 34.4 Å². The number of aromatic hydroxyl groups is 8. The molecule has 4 heterocycles. The Kier molecular flexibility index (Phi) is 28.1. The van der Waals surface area contributed by atoms with Gasteiger partial charge in [0.05, 0.1) is 114 Å². The fraction of sp³-hybridized carbons (Fsp3) is 0.102. The Bertz CT molecular complexity index is 7140. The Hall–Kier alpha value is -17.7. The zero-order chi connectivity index (χ0) is 94.2. The number of carbonyl (C=O) groups is 4. The van der Waals surface area contributed by atoms with E-state index in [2.05, 4.69) is 85.3 Å². The number of nitrogen functional groups attached to an aromatic ring is 1. The van der Waals surface area contributed by atoms with Crippen LogP contribution in [0.25, 0.3) is 137 Å². The molecule has 132 heavy (non-hydrogen) atoms. The molecule has 0 aliphatic carbocycles. The van der Waals surface area contributed by atoms with E-state index in [0.717, 1.165) is 11.8 Å². The molecule has 33 nitrogen and oxygen atoms in total. The number of esters is 4. The number of para-hydroxylation sites is 4. The van der Waals surface area contributed by atoms with E-state index in [4.69, 9.17) is 29.4 Å². The second kappa shape index (κ2) is 40.3. The van der Waals surface area contributed by atoms with Crippen LogP contribution in [0, 0.1) is 0 Å². The maximum atomic E-state index is 11.8. The van der Waals surface area contributed by atoms with E-state index in [0.29, 0.717) is 112 Å². The topological polar surface area (TPSA) is 503 Å². The summed E-state index contributed by atoms with van der Waals surface area (Å²) in [7, 11) is 3.22. The Morgan fingerprint density at radius 3 is 0.811 bits per heavy atom. The van der Waals surface area contributed by atoms with Crippen LogP contribution in [0.3, 0.4) is 0 Å². The number of hydrogen-bond donors (Lipinski definition) is 10. The summed E-state index contributed by atoms with van der Waals surface area (Å²) in [5.41, 5.74) is 14.0. The zero-order valence-electron chi connectivity index (χ0n) is 71.8. The lowest BCUT2D eigenvalue weighted by molar-refractivity contribution is 0.0592. The Morgan fingerprint density at radius 1 is 0.288 bits per heavy atom. The van der Waals surface area contributed by atoms with Gasteiger partial charge >= 0.3 is 23.9 Å². The maximum absolute atomic E-state index is 11.8. The highest BCUT2D eigenvalue weighted by Crippen LogP contribution is 2.41. The number of hydrogen-bond acceptors (Lipinski definition) is 32. The third-order valence-electron chi connectivity index (χ3n) is 19.7. The monoisotopic (exact) mass is 1790 g/mol. The van der Waals surface area contributed by atoms with Gasteiger partial charge in [0.1, 0.15) is 51.7 Å². The fourth-order valence-electron chi connectivity index (χ4n) is 12.9. The van der Waals surface area contributed by atoms with Crippen molar-refractivity contribution in [3.63, 3.8) is 0 Å². The number of anilines is 2.